The number of carbonyl (C=O) groups is 2. The molecule has 0 radical (unpaired) electrons. The summed E-state index contributed by atoms with van der Waals surface area (Å²) in [5, 5.41) is 5.63. The number of anilines is 1. The van der Waals surface area contributed by atoms with Crippen molar-refractivity contribution in [3.8, 4) is 0 Å². The molecule has 6 nitrogen and oxygen atoms in total. The average molecular weight is 350 g/mol. The number of hydrazone groups is 1. The third-order valence-corrected chi connectivity index (χ3v) is 3.02. The Hall–Kier alpha value is -3.23. The molecule has 2 rings (SSSR count). The third-order valence-electron chi connectivity index (χ3n) is 3.02. The lowest BCUT2D eigenvalue weighted by Crippen LogP contribution is -2.29. The molecule has 0 unspecified atom stereocenters. The van der Waals surface area contributed by atoms with Crippen LogP contribution in [0.25, 0.3) is 0 Å². The summed E-state index contributed by atoms with van der Waals surface area (Å²) in [6.07, 6.45) is -3.52. The fraction of sp³-hybridized carbons (Fsp3) is 0.125. The number of nitrogens with zero attached hydrogens (tertiary/aromatic N) is 2. The maximum atomic E-state index is 12.3. The smallest absolute Gasteiger partial charge is 0.318 e. The zero-order chi connectivity index (χ0) is 18.4. The molecular formula is C16H13F3N4O2. The second-order valence-corrected chi connectivity index (χ2v) is 4.89. The average Bonchev–Trinajstić information content (AvgIpc) is 2.59. The Labute approximate surface area is 140 Å². The zero-order valence-corrected chi connectivity index (χ0v) is 13.0. The van der Waals surface area contributed by atoms with Gasteiger partial charge in [-0.1, -0.05) is 18.2 Å². The molecular weight excluding hydrogens is 337 g/mol. The normalized spacial score (nSPS) is 11.8. The minimum atomic E-state index is -4.98. The maximum Gasteiger partial charge on any atom is 0.471 e. The van der Waals surface area contributed by atoms with E-state index in [2.05, 4.69) is 15.5 Å². The van der Waals surface area contributed by atoms with Crippen molar-refractivity contribution in [3.05, 3.63) is 59.9 Å². The van der Waals surface area contributed by atoms with Crippen molar-refractivity contribution in [1.82, 2.24) is 10.4 Å². The van der Waals surface area contributed by atoms with E-state index in [0.717, 1.165) is 0 Å². The minimum absolute atomic E-state index is 0.0366. The second-order valence-electron chi connectivity index (χ2n) is 4.89. The molecule has 0 atom stereocenters. The summed E-state index contributed by atoms with van der Waals surface area (Å²) in [6.45, 7) is 1.56. The molecule has 0 aliphatic heterocycles. The Morgan fingerprint density at radius 2 is 1.88 bits per heavy atom. The van der Waals surface area contributed by atoms with Crippen LogP contribution < -0.4 is 10.7 Å². The van der Waals surface area contributed by atoms with E-state index in [9.17, 15) is 22.8 Å². The predicted octanol–water partition coefficient (Wildman–Crippen LogP) is 2.74. The molecule has 25 heavy (non-hydrogen) atoms. The van der Waals surface area contributed by atoms with Gasteiger partial charge in [0.25, 0.3) is 5.91 Å². The van der Waals surface area contributed by atoms with E-state index in [-0.39, 0.29) is 11.4 Å². The van der Waals surface area contributed by atoms with Gasteiger partial charge in [-0.2, -0.15) is 18.3 Å². The number of alkyl halides is 3. The topological polar surface area (TPSA) is 83.4 Å². The summed E-state index contributed by atoms with van der Waals surface area (Å²) in [6, 6.07) is 10.5. The molecule has 0 aliphatic carbocycles. The summed E-state index contributed by atoms with van der Waals surface area (Å²) >= 11 is 0. The Morgan fingerprint density at radius 3 is 2.52 bits per heavy atom. The number of amides is 2. The summed E-state index contributed by atoms with van der Waals surface area (Å²) in [5.41, 5.74) is 3.21. The van der Waals surface area contributed by atoms with Crippen molar-refractivity contribution in [2.75, 3.05) is 5.32 Å². The van der Waals surface area contributed by atoms with E-state index < -0.39 is 18.0 Å². The SMILES string of the molecule is CC(=NNC(=O)c1ccccn1)c1cccc(NC(=O)C(F)(F)F)c1. The molecule has 0 spiro atoms. The van der Waals surface area contributed by atoms with Gasteiger partial charge >= 0.3 is 12.1 Å². The number of hydrogen-bond acceptors (Lipinski definition) is 4. The van der Waals surface area contributed by atoms with E-state index in [1.54, 1.807) is 30.4 Å². The number of benzene rings is 1. The van der Waals surface area contributed by atoms with Gasteiger partial charge in [-0.25, -0.2) is 5.43 Å². The van der Waals surface area contributed by atoms with Gasteiger partial charge in [0.1, 0.15) is 5.69 Å². The fourth-order valence-corrected chi connectivity index (χ4v) is 1.78. The lowest BCUT2D eigenvalue weighted by Gasteiger charge is -2.09. The standard InChI is InChI=1S/C16H13F3N4O2/c1-10(22-23-14(24)13-7-2-3-8-20-13)11-5-4-6-12(9-11)21-15(25)16(17,18)19/h2-9H,1H3,(H,21,25)(H,23,24). The van der Waals surface area contributed by atoms with Gasteiger partial charge in [0.15, 0.2) is 0 Å². The van der Waals surface area contributed by atoms with Crippen molar-refractivity contribution in [1.29, 1.82) is 0 Å². The highest BCUT2D eigenvalue weighted by Gasteiger charge is 2.38. The Balaban J connectivity index is 2.09. The molecule has 2 N–H and O–H groups in total. The van der Waals surface area contributed by atoms with Crippen LogP contribution in [0.4, 0.5) is 18.9 Å². The number of carbonyl (C=O) groups excluding carboxylic acids is 2. The molecule has 1 aromatic heterocycles. The molecule has 0 aliphatic rings. The van der Waals surface area contributed by atoms with Gasteiger partial charge in [0.2, 0.25) is 0 Å². The first-order valence-electron chi connectivity index (χ1n) is 7.01. The fourth-order valence-electron chi connectivity index (χ4n) is 1.78. The van der Waals surface area contributed by atoms with E-state index in [0.29, 0.717) is 11.3 Å². The first-order chi connectivity index (χ1) is 11.8. The summed E-state index contributed by atoms with van der Waals surface area (Å²) < 4.78 is 36.8. The maximum absolute atomic E-state index is 12.3. The predicted molar refractivity (Wildman–Crippen MR) is 85.0 cm³/mol. The number of halogens is 3. The van der Waals surface area contributed by atoms with Crippen LogP contribution in [-0.4, -0.2) is 28.7 Å². The Kier molecular flexibility index (Phi) is 5.48. The molecule has 130 valence electrons. The quantitative estimate of drug-likeness (QED) is 0.657. The van der Waals surface area contributed by atoms with Gasteiger partial charge in [0, 0.05) is 11.9 Å². The molecule has 0 saturated heterocycles. The highest BCUT2D eigenvalue weighted by atomic mass is 19.4. The molecule has 0 saturated carbocycles. The number of rotatable bonds is 4. The highest BCUT2D eigenvalue weighted by molar-refractivity contribution is 6.02. The lowest BCUT2D eigenvalue weighted by atomic mass is 10.1. The lowest BCUT2D eigenvalue weighted by molar-refractivity contribution is -0.167. The Morgan fingerprint density at radius 1 is 1.12 bits per heavy atom. The van der Waals surface area contributed by atoms with Crippen molar-refractivity contribution in [3.63, 3.8) is 0 Å². The summed E-state index contributed by atoms with van der Waals surface area (Å²) in [4.78, 5) is 26.7. The van der Waals surface area contributed by atoms with E-state index in [4.69, 9.17) is 0 Å². The van der Waals surface area contributed by atoms with Crippen molar-refractivity contribution in [2.24, 2.45) is 5.10 Å². The number of nitrogens with one attached hydrogen (secondary N) is 2. The third kappa shape index (κ3) is 5.13. The molecule has 2 amide bonds. The summed E-state index contributed by atoms with van der Waals surface area (Å²) in [7, 11) is 0. The molecule has 1 heterocycles. The van der Waals surface area contributed by atoms with Crippen LogP contribution in [0.2, 0.25) is 0 Å². The second kappa shape index (κ2) is 7.56. The number of hydrogen-bond donors (Lipinski definition) is 2. The first-order valence-corrected chi connectivity index (χ1v) is 7.01. The van der Waals surface area contributed by atoms with Crippen molar-refractivity contribution >= 4 is 23.2 Å². The van der Waals surface area contributed by atoms with Crippen molar-refractivity contribution in [2.45, 2.75) is 13.1 Å². The van der Waals surface area contributed by atoms with Gasteiger partial charge in [-0.05, 0) is 36.8 Å². The largest absolute Gasteiger partial charge is 0.471 e. The van der Waals surface area contributed by atoms with Crippen LogP contribution >= 0.6 is 0 Å². The van der Waals surface area contributed by atoms with E-state index in [1.807, 2.05) is 0 Å². The van der Waals surface area contributed by atoms with Crippen LogP contribution in [0.5, 0.6) is 0 Å². The number of pyridine rings is 1. The molecule has 9 heteroatoms. The zero-order valence-electron chi connectivity index (χ0n) is 13.0. The summed E-state index contributed by atoms with van der Waals surface area (Å²) in [5.74, 6) is -2.59. The van der Waals surface area contributed by atoms with Crippen LogP contribution in [0, 0.1) is 0 Å². The van der Waals surface area contributed by atoms with Crippen molar-refractivity contribution < 1.29 is 22.8 Å². The van der Waals surface area contributed by atoms with Gasteiger partial charge in [0.05, 0.1) is 5.71 Å². The molecule has 0 fully saturated rings. The Bertz CT molecular complexity index is 805. The first kappa shape index (κ1) is 18.1. The van der Waals surface area contributed by atoms with E-state index >= 15 is 0 Å². The minimum Gasteiger partial charge on any atom is -0.318 e. The van der Waals surface area contributed by atoms with E-state index in [1.165, 1.54) is 30.5 Å². The van der Waals surface area contributed by atoms with Gasteiger partial charge in [-0.15, -0.1) is 0 Å². The van der Waals surface area contributed by atoms with Crippen LogP contribution in [0.3, 0.4) is 0 Å². The van der Waals surface area contributed by atoms with Gasteiger partial charge < -0.3 is 5.32 Å². The monoisotopic (exact) mass is 350 g/mol. The van der Waals surface area contributed by atoms with Gasteiger partial charge in [-0.3, -0.25) is 14.6 Å². The molecule has 2 aromatic rings. The number of aromatic nitrogens is 1. The molecule has 1 aromatic carbocycles. The van der Waals surface area contributed by atoms with Crippen LogP contribution in [-0.2, 0) is 4.79 Å². The van der Waals surface area contributed by atoms with Crippen LogP contribution in [0.15, 0.2) is 53.8 Å². The molecule has 0 bridgehead atoms. The van der Waals surface area contributed by atoms with Crippen LogP contribution in [0.1, 0.15) is 23.0 Å². The highest BCUT2D eigenvalue weighted by Crippen LogP contribution is 2.19.